The molecule has 0 saturated heterocycles. The topological polar surface area (TPSA) is 21.7 Å². The summed E-state index contributed by atoms with van der Waals surface area (Å²) >= 11 is 0. The van der Waals surface area contributed by atoms with Gasteiger partial charge in [-0.15, -0.1) is 0 Å². The highest BCUT2D eigenvalue weighted by Crippen LogP contribution is 2.25. The van der Waals surface area contributed by atoms with Gasteiger partial charge in [0, 0.05) is 45.2 Å². The lowest BCUT2D eigenvalue weighted by atomic mass is 10.1. The zero-order chi connectivity index (χ0) is 18.3. The number of benzene rings is 1. The van der Waals surface area contributed by atoms with E-state index in [9.17, 15) is 0 Å². The Hall–Kier alpha value is -1.32. The van der Waals surface area contributed by atoms with Gasteiger partial charge in [0.25, 0.3) is 0 Å². The smallest absolute Gasteiger partial charge is 0.0487 e. The monoisotopic (exact) mass is 359 g/mol. The molecule has 2 rings (SSSR count). The lowest BCUT2D eigenvalue weighted by Crippen LogP contribution is -2.27. The van der Waals surface area contributed by atoms with Crippen LogP contribution in [0.3, 0.4) is 0 Å². The van der Waals surface area contributed by atoms with Gasteiger partial charge in [0.2, 0.25) is 0 Å². The number of ether oxygens (including phenoxy) is 2. The van der Waals surface area contributed by atoms with Gasteiger partial charge in [-0.05, 0) is 43.7 Å². The summed E-state index contributed by atoms with van der Waals surface area (Å²) in [7, 11) is 0. The number of anilines is 1. The molecule has 146 valence electrons. The normalized spacial score (nSPS) is 13.2. The maximum absolute atomic E-state index is 5.72. The van der Waals surface area contributed by atoms with Crippen LogP contribution in [0, 0.1) is 0 Å². The van der Waals surface area contributed by atoms with E-state index < -0.39 is 0 Å². The van der Waals surface area contributed by atoms with Crippen molar-refractivity contribution in [2.75, 3.05) is 44.4 Å². The van der Waals surface area contributed by atoms with E-state index >= 15 is 0 Å². The Kier molecular flexibility index (Phi) is 11.2. The highest BCUT2D eigenvalue weighted by atomic mass is 16.5. The Morgan fingerprint density at radius 2 is 1.50 bits per heavy atom. The SMILES string of the molecule is CCCCCCOCCCOCCCCCN1CC=Cc2ccccc21. The minimum atomic E-state index is 0.833. The van der Waals surface area contributed by atoms with Crippen LogP contribution in [-0.2, 0) is 9.47 Å². The second-order valence-corrected chi connectivity index (χ2v) is 7.11. The van der Waals surface area contributed by atoms with Gasteiger partial charge in [0.05, 0.1) is 0 Å². The molecule has 3 nitrogen and oxygen atoms in total. The molecule has 1 aromatic carbocycles. The van der Waals surface area contributed by atoms with E-state index in [2.05, 4.69) is 48.2 Å². The molecule has 0 radical (unpaired) electrons. The molecule has 0 spiro atoms. The fourth-order valence-corrected chi connectivity index (χ4v) is 3.32. The summed E-state index contributed by atoms with van der Waals surface area (Å²) in [6, 6.07) is 8.67. The Morgan fingerprint density at radius 1 is 0.808 bits per heavy atom. The molecule has 1 heterocycles. The summed E-state index contributed by atoms with van der Waals surface area (Å²) in [6.07, 6.45) is 14.2. The van der Waals surface area contributed by atoms with Gasteiger partial charge in [-0.1, -0.05) is 56.5 Å². The molecule has 0 aliphatic carbocycles. The van der Waals surface area contributed by atoms with Crippen LogP contribution in [0.5, 0.6) is 0 Å². The van der Waals surface area contributed by atoms with E-state index in [4.69, 9.17) is 9.47 Å². The van der Waals surface area contributed by atoms with Crippen LogP contribution >= 0.6 is 0 Å². The summed E-state index contributed by atoms with van der Waals surface area (Å²) in [6.45, 7) is 7.87. The molecule has 0 N–H and O–H groups in total. The Bertz CT molecular complexity index is 501. The number of nitrogens with zero attached hydrogens (tertiary/aromatic N) is 1. The maximum atomic E-state index is 5.72. The van der Waals surface area contributed by atoms with Crippen molar-refractivity contribution in [3.63, 3.8) is 0 Å². The number of rotatable bonds is 15. The van der Waals surface area contributed by atoms with Crippen molar-refractivity contribution >= 4 is 11.8 Å². The first-order chi connectivity index (χ1) is 12.9. The number of para-hydroxylation sites is 1. The fourth-order valence-electron chi connectivity index (χ4n) is 3.32. The largest absolute Gasteiger partial charge is 0.381 e. The molecule has 3 heteroatoms. The number of unbranched alkanes of at least 4 members (excludes halogenated alkanes) is 5. The third-order valence-corrected chi connectivity index (χ3v) is 4.84. The maximum Gasteiger partial charge on any atom is 0.0487 e. The average molecular weight is 360 g/mol. The molecule has 0 fully saturated rings. The van der Waals surface area contributed by atoms with E-state index in [1.807, 2.05) is 0 Å². The first kappa shape index (κ1) is 21.0. The van der Waals surface area contributed by atoms with E-state index in [0.29, 0.717) is 0 Å². The lowest BCUT2D eigenvalue weighted by molar-refractivity contribution is 0.0796. The van der Waals surface area contributed by atoms with Gasteiger partial charge >= 0.3 is 0 Å². The minimum Gasteiger partial charge on any atom is -0.381 e. The van der Waals surface area contributed by atoms with Gasteiger partial charge in [0.15, 0.2) is 0 Å². The van der Waals surface area contributed by atoms with Crippen LogP contribution in [0.2, 0.25) is 0 Å². The van der Waals surface area contributed by atoms with Crippen LogP contribution in [0.15, 0.2) is 30.3 Å². The fraction of sp³-hybridized carbons (Fsp3) is 0.652. The highest BCUT2D eigenvalue weighted by molar-refractivity contribution is 5.71. The highest BCUT2D eigenvalue weighted by Gasteiger charge is 2.11. The third-order valence-electron chi connectivity index (χ3n) is 4.84. The van der Waals surface area contributed by atoms with Gasteiger partial charge in [0.1, 0.15) is 0 Å². The second-order valence-electron chi connectivity index (χ2n) is 7.11. The molecule has 26 heavy (non-hydrogen) atoms. The molecule has 0 unspecified atom stereocenters. The van der Waals surface area contributed by atoms with Crippen molar-refractivity contribution in [2.45, 2.75) is 58.3 Å². The van der Waals surface area contributed by atoms with Crippen molar-refractivity contribution in [1.29, 1.82) is 0 Å². The van der Waals surface area contributed by atoms with Crippen molar-refractivity contribution in [3.8, 4) is 0 Å². The van der Waals surface area contributed by atoms with Gasteiger partial charge < -0.3 is 14.4 Å². The first-order valence-corrected chi connectivity index (χ1v) is 10.6. The van der Waals surface area contributed by atoms with Gasteiger partial charge in [-0.3, -0.25) is 0 Å². The van der Waals surface area contributed by atoms with Crippen LogP contribution in [0.1, 0.15) is 63.9 Å². The third kappa shape index (κ3) is 8.37. The van der Waals surface area contributed by atoms with E-state index in [-0.39, 0.29) is 0 Å². The average Bonchev–Trinajstić information content (AvgIpc) is 2.68. The van der Waals surface area contributed by atoms with Crippen LogP contribution in [-0.4, -0.2) is 39.5 Å². The number of fused-ring (bicyclic) bond motifs is 1. The van der Waals surface area contributed by atoms with Crippen molar-refractivity contribution in [3.05, 3.63) is 35.9 Å². The molecule has 1 aromatic rings. The molecule has 0 aromatic heterocycles. The quantitative estimate of drug-likeness (QED) is 0.375. The summed E-state index contributed by atoms with van der Waals surface area (Å²) in [5, 5.41) is 0. The lowest BCUT2D eigenvalue weighted by Gasteiger charge is -2.28. The Morgan fingerprint density at radius 3 is 2.27 bits per heavy atom. The second kappa shape index (κ2) is 13.8. The van der Waals surface area contributed by atoms with Crippen LogP contribution < -0.4 is 4.90 Å². The van der Waals surface area contributed by atoms with E-state index in [1.165, 1.54) is 49.8 Å². The van der Waals surface area contributed by atoms with Crippen molar-refractivity contribution in [1.82, 2.24) is 0 Å². The summed E-state index contributed by atoms with van der Waals surface area (Å²) in [5.74, 6) is 0. The Labute approximate surface area is 160 Å². The zero-order valence-corrected chi connectivity index (χ0v) is 16.6. The zero-order valence-electron chi connectivity index (χ0n) is 16.6. The van der Waals surface area contributed by atoms with Crippen molar-refractivity contribution < 1.29 is 9.47 Å². The van der Waals surface area contributed by atoms with Gasteiger partial charge in [-0.2, -0.15) is 0 Å². The molecule has 0 saturated carbocycles. The predicted octanol–water partition coefficient (Wildman–Crippen LogP) is 5.69. The van der Waals surface area contributed by atoms with E-state index in [0.717, 1.165) is 52.4 Å². The standard InChI is InChI=1S/C23H37NO2/c1-2-3-4-9-18-25-20-12-21-26-19-10-5-8-16-24-17-11-14-22-13-6-7-15-23(22)24/h6-7,11,13-15H,2-5,8-10,12,16-21H2,1H3. The molecule has 0 bridgehead atoms. The first-order valence-electron chi connectivity index (χ1n) is 10.6. The molecule has 0 amide bonds. The summed E-state index contributed by atoms with van der Waals surface area (Å²) in [4.78, 5) is 2.48. The van der Waals surface area contributed by atoms with Crippen LogP contribution in [0.4, 0.5) is 5.69 Å². The molecule has 0 atom stereocenters. The van der Waals surface area contributed by atoms with Crippen molar-refractivity contribution in [2.24, 2.45) is 0 Å². The predicted molar refractivity (Wildman–Crippen MR) is 112 cm³/mol. The summed E-state index contributed by atoms with van der Waals surface area (Å²) in [5.41, 5.74) is 2.72. The van der Waals surface area contributed by atoms with Gasteiger partial charge in [-0.25, -0.2) is 0 Å². The minimum absolute atomic E-state index is 0.833. The Balaban J connectivity index is 1.38. The van der Waals surface area contributed by atoms with Crippen LogP contribution in [0.25, 0.3) is 6.08 Å². The molecular weight excluding hydrogens is 322 g/mol. The molecule has 1 aliphatic heterocycles. The number of hydrogen-bond donors (Lipinski definition) is 0. The molecular formula is C23H37NO2. The number of hydrogen-bond acceptors (Lipinski definition) is 3. The molecule has 1 aliphatic rings. The summed E-state index contributed by atoms with van der Waals surface area (Å²) < 4.78 is 11.4. The van der Waals surface area contributed by atoms with E-state index in [1.54, 1.807) is 0 Å².